The molecular formula is C29H33NO3S. The Labute approximate surface area is 203 Å². The van der Waals surface area contributed by atoms with E-state index in [0.29, 0.717) is 24.2 Å². The zero-order chi connectivity index (χ0) is 24.5. The highest BCUT2D eigenvalue weighted by molar-refractivity contribution is 7.89. The number of rotatable bonds is 7. The maximum absolute atomic E-state index is 14.0. The zero-order valence-electron chi connectivity index (χ0n) is 20.5. The second-order valence-electron chi connectivity index (χ2n) is 9.58. The largest absolute Gasteiger partial charge is 0.298 e. The molecule has 0 radical (unpaired) electrons. The molecule has 4 rings (SSSR count). The molecule has 1 heterocycles. The number of aryl methyl sites for hydroxylation is 5. The summed E-state index contributed by atoms with van der Waals surface area (Å²) in [6.45, 7) is 7.92. The van der Waals surface area contributed by atoms with E-state index in [4.69, 9.17) is 0 Å². The van der Waals surface area contributed by atoms with Crippen molar-refractivity contribution in [3.8, 4) is 0 Å². The molecule has 0 spiro atoms. The molecule has 178 valence electrons. The van der Waals surface area contributed by atoms with Crippen LogP contribution in [0.5, 0.6) is 0 Å². The molecule has 0 bridgehead atoms. The first-order valence-electron chi connectivity index (χ1n) is 11.9. The second-order valence-corrected chi connectivity index (χ2v) is 11.4. The molecule has 3 aromatic carbocycles. The number of Topliss-reactive ketones (excluding diaryl/α,β-unsaturated/α-hetero) is 1. The summed E-state index contributed by atoms with van der Waals surface area (Å²) < 4.78 is 29.4. The van der Waals surface area contributed by atoms with Crippen LogP contribution < -0.4 is 0 Å². The van der Waals surface area contributed by atoms with Crippen molar-refractivity contribution in [3.05, 3.63) is 99.6 Å². The van der Waals surface area contributed by atoms with Gasteiger partial charge in [0, 0.05) is 13.0 Å². The van der Waals surface area contributed by atoms with Crippen LogP contribution in [0.25, 0.3) is 0 Å². The summed E-state index contributed by atoms with van der Waals surface area (Å²) in [4.78, 5) is 13.8. The van der Waals surface area contributed by atoms with Gasteiger partial charge in [-0.15, -0.1) is 0 Å². The Morgan fingerprint density at radius 1 is 0.882 bits per heavy atom. The van der Waals surface area contributed by atoms with Crippen LogP contribution in [0.15, 0.2) is 65.6 Å². The van der Waals surface area contributed by atoms with Gasteiger partial charge in [0.15, 0.2) is 5.78 Å². The predicted molar refractivity (Wildman–Crippen MR) is 136 cm³/mol. The molecule has 0 aromatic heterocycles. The first-order chi connectivity index (χ1) is 16.2. The van der Waals surface area contributed by atoms with Crippen LogP contribution in [0, 0.1) is 27.7 Å². The Morgan fingerprint density at radius 2 is 1.56 bits per heavy atom. The van der Waals surface area contributed by atoms with E-state index in [1.165, 1.54) is 15.4 Å². The number of carbonyl (C=O) groups excluding carboxylic acids is 1. The molecule has 0 aliphatic carbocycles. The summed E-state index contributed by atoms with van der Waals surface area (Å²) in [6.07, 6.45) is 2.29. The summed E-state index contributed by atoms with van der Waals surface area (Å²) in [5.74, 6) is -0.00634. The van der Waals surface area contributed by atoms with Gasteiger partial charge in [-0.25, -0.2) is 8.42 Å². The summed E-state index contributed by atoms with van der Waals surface area (Å²) in [5.41, 5.74) is 6.91. The van der Waals surface area contributed by atoms with Gasteiger partial charge in [-0.05, 0) is 74.8 Å². The monoisotopic (exact) mass is 475 g/mol. The van der Waals surface area contributed by atoms with Crippen LogP contribution in [0.3, 0.4) is 0 Å². The maximum Gasteiger partial charge on any atom is 0.244 e. The number of hydrogen-bond acceptors (Lipinski definition) is 3. The minimum absolute atomic E-state index is 0.00634. The molecule has 0 amide bonds. The molecule has 0 saturated carbocycles. The normalized spacial score (nSPS) is 16.3. The molecule has 34 heavy (non-hydrogen) atoms. The second kappa shape index (κ2) is 9.85. The quantitative estimate of drug-likeness (QED) is 0.445. The van der Waals surface area contributed by atoms with Crippen molar-refractivity contribution < 1.29 is 13.2 Å². The molecule has 1 aliphatic heterocycles. The van der Waals surface area contributed by atoms with Crippen LogP contribution in [0.2, 0.25) is 0 Å². The lowest BCUT2D eigenvalue weighted by molar-refractivity contribution is -0.123. The van der Waals surface area contributed by atoms with Gasteiger partial charge >= 0.3 is 0 Å². The average molecular weight is 476 g/mol. The molecule has 4 nitrogen and oxygen atoms in total. The number of fused-ring (bicyclic) bond motifs is 1. The van der Waals surface area contributed by atoms with Gasteiger partial charge in [0.2, 0.25) is 10.0 Å². The van der Waals surface area contributed by atoms with Crippen LogP contribution in [-0.2, 0) is 34.2 Å². The van der Waals surface area contributed by atoms with Crippen molar-refractivity contribution in [2.24, 2.45) is 0 Å². The van der Waals surface area contributed by atoms with Crippen LogP contribution in [0.1, 0.15) is 51.8 Å². The number of hydrogen-bond donors (Lipinski definition) is 0. The van der Waals surface area contributed by atoms with Gasteiger partial charge in [0.05, 0.1) is 10.9 Å². The maximum atomic E-state index is 14.0. The Kier molecular flexibility index (Phi) is 7.06. The Morgan fingerprint density at radius 3 is 2.24 bits per heavy atom. The number of benzene rings is 3. The molecular weight excluding hydrogens is 442 g/mol. The van der Waals surface area contributed by atoms with Crippen molar-refractivity contribution in [2.75, 3.05) is 0 Å². The molecule has 0 saturated heterocycles. The lowest BCUT2D eigenvalue weighted by Crippen LogP contribution is -2.48. The molecule has 1 atom stereocenters. The number of ketones is 1. The highest BCUT2D eigenvalue weighted by Gasteiger charge is 2.40. The Hall–Kier alpha value is -2.76. The first kappa shape index (κ1) is 24.4. The highest BCUT2D eigenvalue weighted by Crippen LogP contribution is 2.33. The molecule has 3 aromatic rings. The smallest absolute Gasteiger partial charge is 0.244 e. The van der Waals surface area contributed by atoms with E-state index in [1.807, 2.05) is 63.2 Å². The van der Waals surface area contributed by atoms with E-state index < -0.39 is 16.1 Å². The first-order valence-corrected chi connectivity index (χ1v) is 13.4. The fourth-order valence-corrected chi connectivity index (χ4v) is 7.22. The average Bonchev–Trinajstić information content (AvgIpc) is 2.77. The summed E-state index contributed by atoms with van der Waals surface area (Å²) in [6, 6.07) is 19.3. The zero-order valence-corrected chi connectivity index (χ0v) is 21.3. The van der Waals surface area contributed by atoms with Crippen molar-refractivity contribution in [1.82, 2.24) is 4.31 Å². The van der Waals surface area contributed by atoms with E-state index in [1.54, 1.807) is 0 Å². The standard InChI is InChI=1S/C29H33NO3S/c1-20-9-7-10-24(17-20)11-8-14-28(31)27-18-25-12-5-6-13-26(25)19-30(27)34(32,33)29-22(3)15-21(2)16-23(29)4/h5-7,9-10,12-13,15-17,27H,8,11,14,18-19H2,1-4H3. The summed E-state index contributed by atoms with van der Waals surface area (Å²) >= 11 is 0. The fraction of sp³-hybridized carbons (Fsp3) is 0.345. The van der Waals surface area contributed by atoms with E-state index in [2.05, 4.69) is 25.1 Å². The summed E-state index contributed by atoms with van der Waals surface area (Å²) in [5, 5.41) is 0. The number of carbonyl (C=O) groups is 1. The van der Waals surface area contributed by atoms with E-state index in [9.17, 15) is 13.2 Å². The molecule has 0 fully saturated rings. The topological polar surface area (TPSA) is 54.5 Å². The molecule has 1 aliphatic rings. The predicted octanol–water partition coefficient (Wildman–Crippen LogP) is 5.63. The van der Waals surface area contributed by atoms with Crippen LogP contribution in [-0.4, -0.2) is 24.5 Å². The minimum atomic E-state index is -3.85. The Balaban J connectivity index is 1.63. The fourth-order valence-electron chi connectivity index (χ4n) is 5.22. The third-order valence-corrected chi connectivity index (χ3v) is 8.88. The van der Waals surface area contributed by atoms with E-state index >= 15 is 0 Å². The van der Waals surface area contributed by atoms with Gasteiger partial charge in [-0.2, -0.15) is 4.31 Å². The van der Waals surface area contributed by atoms with Gasteiger partial charge in [-0.3, -0.25) is 4.79 Å². The van der Waals surface area contributed by atoms with Crippen molar-refractivity contribution in [3.63, 3.8) is 0 Å². The van der Waals surface area contributed by atoms with Crippen LogP contribution in [0.4, 0.5) is 0 Å². The number of nitrogens with zero attached hydrogens (tertiary/aromatic N) is 1. The van der Waals surface area contributed by atoms with Gasteiger partial charge in [-0.1, -0.05) is 71.8 Å². The van der Waals surface area contributed by atoms with Crippen molar-refractivity contribution in [1.29, 1.82) is 0 Å². The van der Waals surface area contributed by atoms with Crippen molar-refractivity contribution >= 4 is 15.8 Å². The molecule has 5 heteroatoms. The van der Waals surface area contributed by atoms with Gasteiger partial charge in [0.25, 0.3) is 0 Å². The third-order valence-electron chi connectivity index (χ3n) is 6.72. The lowest BCUT2D eigenvalue weighted by Gasteiger charge is -2.36. The third kappa shape index (κ3) is 5.01. The lowest BCUT2D eigenvalue weighted by atomic mass is 9.91. The molecule has 0 N–H and O–H groups in total. The molecule has 1 unspecified atom stereocenters. The van der Waals surface area contributed by atoms with E-state index in [0.717, 1.165) is 34.2 Å². The van der Waals surface area contributed by atoms with Gasteiger partial charge < -0.3 is 0 Å². The van der Waals surface area contributed by atoms with Crippen LogP contribution >= 0.6 is 0 Å². The van der Waals surface area contributed by atoms with E-state index in [-0.39, 0.29) is 12.3 Å². The summed E-state index contributed by atoms with van der Waals surface area (Å²) in [7, 11) is -3.85. The number of sulfonamides is 1. The highest BCUT2D eigenvalue weighted by atomic mass is 32.2. The SMILES string of the molecule is Cc1cccc(CCCC(=O)C2Cc3ccccc3CN2S(=O)(=O)c2c(C)cc(C)cc2C)c1. The van der Waals surface area contributed by atoms with Crippen molar-refractivity contribution in [2.45, 2.75) is 70.9 Å². The van der Waals surface area contributed by atoms with Gasteiger partial charge in [0.1, 0.15) is 0 Å². The minimum Gasteiger partial charge on any atom is -0.298 e. The Bertz CT molecular complexity index is 1300.